The molecule has 2 aromatic heterocycles. The highest BCUT2D eigenvalue weighted by atomic mass is 32.2. The third-order valence-corrected chi connectivity index (χ3v) is 5.32. The lowest BCUT2D eigenvalue weighted by molar-refractivity contribution is -0.119. The Hall–Kier alpha value is -3.53. The minimum Gasteiger partial charge on any atom is -0.324 e. The highest BCUT2D eigenvalue weighted by molar-refractivity contribution is 7.99. The lowest BCUT2D eigenvalue weighted by Gasteiger charge is -2.16. The molecule has 0 saturated heterocycles. The van der Waals surface area contributed by atoms with Crippen LogP contribution in [-0.4, -0.2) is 40.9 Å². The van der Waals surface area contributed by atoms with Crippen molar-refractivity contribution >= 4 is 23.4 Å². The van der Waals surface area contributed by atoms with Gasteiger partial charge in [-0.15, -0.1) is 15.3 Å². The van der Waals surface area contributed by atoms with Crippen molar-refractivity contribution in [2.75, 3.05) is 5.32 Å². The molecule has 0 aliphatic rings. The van der Waals surface area contributed by atoms with Crippen molar-refractivity contribution in [1.29, 1.82) is 0 Å². The summed E-state index contributed by atoms with van der Waals surface area (Å²) in [4.78, 5) is 13.9. The Bertz CT molecular complexity index is 1060. The molecule has 0 aliphatic carbocycles. The van der Waals surface area contributed by atoms with Gasteiger partial charge in [0.2, 0.25) is 5.91 Å². The van der Waals surface area contributed by atoms with Crippen molar-refractivity contribution in [2.45, 2.75) is 22.5 Å². The smallest absolute Gasteiger partial charge is 0.249 e. The summed E-state index contributed by atoms with van der Waals surface area (Å²) in [6.07, 6.45) is 3.59. The normalized spacial score (nSPS) is 11.9. The van der Waals surface area contributed by atoms with Crippen LogP contribution in [0.4, 0.5) is 5.69 Å². The van der Waals surface area contributed by atoms with Gasteiger partial charge in [0, 0.05) is 24.1 Å². The number of aromatic nitrogens is 7. The standard InChI is InChI=1S/C19H18N8OS/c1-26-12-20-23-19(26)29-16-9-7-15(8-10-16)22-18(28)17(27-13-21-24-25-27)11-14-5-3-2-4-6-14/h2-10,12-13,17H,11H2,1H3,(H,22,28). The molecular formula is C19H18N8OS. The molecule has 1 N–H and O–H groups in total. The number of aryl methyl sites for hydroxylation is 1. The SMILES string of the molecule is Cn1cnnc1Sc1ccc(NC(=O)C(Cc2ccccc2)n2cnnn2)cc1. The van der Waals surface area contributed by atoms with E-state index in [2.05, 4.69) is 31.0 Å². The molecule has 0 fully saturated rings. The maximum atomic E-state index is 12.9. The summed E-state index contributed by atoms with van der Waals surface area (Å²) in [5.41, 5.74) is 1.72. The van der Waals surface area contributed by atoms with Crippen LogP contribution in [0.1, 0.15) is 11.6 Å². The third-order valence-electron chi connectivity index (χ3n) is 4.26. The largest absolute Gasteiger partial charge is 0.324 e. The highest BCUT2D eigenvalue weighted by Gasteiger charge is 2.22. The van der Waals surface area contributed by atoms with E-state index in [1.165, 1.54) is 22.8 Å². The topological polar surface area (TPSA) is 103 Å². The van der Waals surface area contributed by atoms with Crippen molar-refractivity contribution in [3.63, 3.8) is 0 Å². The quantitative estimate of drug-likeness (QED) is 0.502. The predicted octanol–water partition coefficient (Wildman–Crippen LogP) is 2.38. The monoisotopic (exact) mass is 406 g/mol. The van der Waals surface area contributed by atoms with Gasteiger partial charge < -0.3 is 9.88 Å². The van der Waals surface area contributed by atoms with Crippen molar-refractivity contribution < 1.29 is 4.79 Å². The van der Waals surface area contributed by atoms with E-state index in [9.17, 15) is 4.79 Å². The summed E-state index contributed by atoms with van der Waals surface area (Å²) in [5.74, 6) is -0.185. The number of hydrogen-bond donors (Lipinski definition) is 1. The van der Waals surface area contributed by atoms with Crippen LogP contribution in [-0.2, 0) is 18.3 Å². The minimum atomic E-state index is -0.555. The van der Waals surface area contributed by atoms with Crippen LogP contribution >= 0.6 is 11.8 Å². The summed E-state index contributed by atoms with van der Waals surface area (Å²) in [5, 5.41) is 22.9. The Balaban J connectivity index is 1.46. The summed E-state index contributed by atoms with van der Waals surface area (Å²) < 4.78 is 3.32. The molecule has 146 valence electrons. The van der Waals surface area contributed by atoms with E-state index in [1.807, 2.05) is 66.2 Å². The molecular weight excluding hydrogens is 388 g/mol. The Morgan fingerprint density at radius 1 is 1.07 bits per heavy atom. The van der Waals surface area contributed by atoms with Crippen molar-refractivity contribution in [3.8, 4) is 0 Å². The Kier molecular flexibility index (Phi) is 5.61. The first-order chi connectivity index (χ1) is 14.2. The highest BCUT2D eigenvalue weighted by Crippen LogP contribution is 2.26. The molecule has 0 bridgehead atoms. The molecule has 29 heavy (non-hydrogen) atoms. The summed E-state index contributed by atoms with van der Waals surface area (Å²) in [6, 6.07) is 16.8. The molecule has 0 aliphatic heterocycles. The fraction of sp³-hybridized carbons (Fsp3) is 0.158. The summed E-state index contributed by atoms with van der Waals surface area (Å²) in [6.45, 7) is 0. The van der Waals surface area contributed by atoms with E-state index in [0.29, 0.717) is 12.1 Å². The second-order valence-electron chi connectivity index (χ2n) is 6.34. The summed E-state index contributed by atoms with van der Waals surface area (Å²) >= 11 is 1.50. The zero-order chi connectivity index (χ0) is 20.1. The number of tetrazole rings is 1. The maximum absolute atomic E-state index is 12.9. The lowest BCUT2D eigenvalue weighted by Crippen LogP contribution is -2.28. The number of nitrogens with zero attached hydrogens (tertiary/aromatic N) is 7. The summed E-state index contributed by atoms with van der Waals surface area (Å²) in [7, 11) is 1.89. The van der Waals surface area contributed by atoms with Gasteiger partial charge in [0.1, 0.15) is 18.7 Å². The molecule has 10 heteroatoms. The van der Waals surface area contributed by atoms with Crippen LogP contribution in [0, 0.1) is 0 Å². The van der Waals surface area contributed by atoms with E-state index < -0.39 is 6.04 Å². The molecule has 0 radical (unpaired) electrons. The van der Waals surface area contributed by atoms with Crippen LogP contribution in [0.15, 0.2) is 77.3 Å². The molecule has 0 spiro atoms. The number of benzene rings is 2. The second-order valence-corrected chi connectivity index (χ2v) is 7.38. The van der Waals surface area contributed by atoms with Gasteiger partial charge in [0.15, 0.2) is 5.16 Å². The molecule has 1 amide bonds. The number of nitrogens with one attached hydrogen (secondary N) is 1. The first-order valence-corrected chi connectivity index (χ1v) is 9.70. The third kappa shape index (κ3) is 4.66. The van der Waals surface area contributed by atoms with Gasteiger partial charge in [-0.3, -0.25) is 4.79 Å². The number of hydrogen-bond acceptors (Lipinski definition) is 7. The van der Waals surface area contributed by atoms with Crippen LogP contribution in [0.2, 0.25) is 0 Å². The minimum absolute atomic E-state index is 0.185. The number of carbonyl (C=O) groups is 1. The number of amides is 1. The molecule has 1 unspecified atom stereocenters. The van der Waals surface area contributed by atoms with Crippen molar-refractivity contribution in [2.24, 2.45) is 7.05 Å². The molecule has 4 rings (SSSR count). The van der Waals surface area contributed by atoms with Gasteiger partial charge in [-0.1, -0.05) is 30.3 Å². The Morgan fingerprint density at radius 3 is 2.52 bits per heavy atom. The van der Waals surface area contributed by atoms with Gasteiger partial charge in [-0.2, -0.15) is 0 Å². The van der Waals surface area contributed by atoms with Crippen LogP contribution in [0.3, 0.4) is 0 Å². The number of carbonyl (C=O) groups excluding carboxylic acids is 1. The molecule has 1 atom stereocenters. The van der Waals surface area contributed by atoms with Crippen LogP contribution in [0.25, 0.3) is 0 Å². The van der Waals surface area contributed by atoms with Crippen molar-refractivity contribution in [3.05, 3.63) is 72.8 Å². The second kappa shape index (κ2) is 8.65. The van der Waals surface area contributed by atoms with Crippen LogP contribution in [0.5, 0.6) is 0 Å². The Morgan fingerprint density at radius 2 is 1.86 bits per heavy atom. The van der Waals surface area contributed by atoms with E-state index in [1.54, 1.807) is 6.33 Å². The molecule has 2 heterocycles. The Labute approximate surface area is 171 Å². The first kappa shape index (κ1) is 18.8. The number of rotatable bonds is 7. The van der Waals surface area contributed by atoms with Crippen LogP contribution < -0.4 is 5.32 Å². The maximum Gasteiger partial charge on any atom is 0.249 e. The predicted molar refractivity (Wildman–Crippen MR) is 107 cm³/mol. The van der Waals surface area contributed by atoms with E-state index in [4.69, 9.17) is 0 Å². The average Bonchev–Trinajstić information content (AvgIpc) is 3.41. The van der Waals surface area contributed by atoms with E-state index in [0.717, 1.165) is 15.6 Å². The van der Waals surface area contributed by atoms with E-state index in [-0.39, 0.29) is 5.91 Å². The zero-order valence-electron chi connectivity index (χ0n) is 15.6. The number of anilines is 1. The average molecular weight is 406 g/mol. The van der Waals surface area contributed by atoms with Gasteiger partial charge in [-0.25, -0.2) is 4.68 Å². The van der Waals surface area contributed by atoms with E-state index >= 15 is 0 Å². The van der Waals surface area contributed by atoms with Gasteiger partial charge in [-0.05, 0) is 52.0 Å². The van der Waals surface area contributed by atoms with Gasteiger partial charge in [0.25, 0.3) is 0 Å². The molecule has 2 aromatic carbocycles. The van der Waals surface area contributed by atoms with Gasteiger partial charge in [0.05, 0.1) is 0 Å². The van der Waals surface area contributed by atoms with Gasteiger partial charge >= 0.3 is 0 Å². The van der Waals surface area contributed by atoms with Crippen molar-refractivity contribution in [1.82, 2.24) is 35.0 Å². The zero-order valence-corrected chi connectivity index (χ0v) is 16.4. The lowest BCUT2D eigenvalue weighted by atomic mass is 10.1. The fourth-order valence-corrected chi connectivity index (χ4v) is 3.52. The fourth-order valence-electron chi connectivity index (χ4n) is 2.76. The molecule has 4 aromatic rings. The molecule has 9 nitrogen and oxygen atoms in total. The first-order valence-electron chi connectivity index (χ1n) is 8.88. The molecule has 0 saturated carbocycles.